The van der Waals surface area contributed by atoms with E-state index in [1.54, 1.807) is 11.9 Å². The molecule has 1 rings (SSSR count). The number of amides is 1. The van der Waals surface area contributed by atoms with Gasteiger partial charge in [-0.15, -0.1) is 0 Å². The third kappa shape index (κ3) is 3.20. The van der Waals surface area contributed by atoms with Crippen LogP contribution in [0.1, 0.15) is 19.3 Å². The molecular weight excluding hydrogens is 196 g/mol. The molecule has 0 saturated carbocycles. The number of carbonyl (C=O) groups is 2. The van der Waals surface area contributed by atoms with Crippen LogP contribution < -0.4 is 0 Å². The predicted octanol–water partition coefficient (Wildman–Crippen LogP) is 0.0137. The Bertz CT molecular complexity index is 255. The molecular formula is C10H18N2O3. The molecule has 0 spiro atoms. The summed E-state index contributed by atoms with van der Waals surface area (Å²) in [5, 5.41) is 8.49. The largest absolute Gasteiger partial charge is 0.481 e. The number of hydrogen-bond acceptors (Lipinski definition) is 3. The SMILES string of the molecule is CN1CCC(N(C)CCCC(=O)O)C1=O. The average molecular weight is 214 g/mol. The zero-order chi connectivity index (χ0) is 11.4. The summed E-state index contributed by atoms with van der Waals surface area (Å²) < 4.78 is 0. The Kier molecular flexibility index (Phi) is 4.08. The summed E-state index contributed by atoms with van der Waals surface area (Å²) in [5.41, 5.74) is 0. The first-order chi connectivity index (χ1) is 7.02. The number of hydrogen-bond donors (Lipinski definition) is 1. The van der Waals surface area contributed by atoms with E-state index in [0.29, 0.717) is 13.0 Å². The Labute approximate surface area is 89.7 Å². The molecule has 1 fully saturated rings. The number of rotatable bonds is 5. The van der Waals surface area contributed by atoms with Gasteiger partial charge in [0.1, 0.15) is 0 Å². The lowest BCUT2D eigenvalue weighted by Crippen LogP contribution is -2.39. The van der Waals surface area contributed by atoms with E-state index in [0.717, 1.165) is 13.0 Å². The highest BCUT2D eigenvalue weighted by atomic mass is 16.4. The van der Waals surface area contributed by atoms with Crippen LogP contribution in [0, 0.1) is 0 Å². The lowest BCUT2D eigenvalue weighted by Gasteiger charge is -2.22. The number of nitrogens with zero attached hydrogens (tertiary/aromatic N) is 2. The topological polar surface area (TPSA) is 60.9 Å². The lowest BCUT2D eigenvalue weighted by atomic mass is 10.2. The molecule has 0 bridgehead atoms. The van der Waals surface area contributed by atoms with Crippen molar-refractivity contribution in [2.24, 2.45) is 0 Å². The van der Waals surface area contributed by atoms with Gasteiger partial charge in [-0.05, 0) is 26.4 Å². The Morgan fingerprint density at radius 1 is 1.67 bits per heavy atom. The number of carboxylic acids is 1. The van der Waals surface area contributed by atoms with E-state index in [4.69, 9.17) is 5.11 Å². The highest BCUT2D eigenvalue weighted by molar-refractivity contribution is 5.83. The molecule has 1 aliphatic heterocycles. The number of carboxylic acid groups (broad SMARTS) is 1. The summed E-state index contributed by atoms with van der Waals surface area (Å²) in [5.74, 6) is -0.633. The number of likely N-dealkylation sites (tertiary alicyclic amines) is 1. The zero-order valence-corrected chi connectivity index (χ0v) is 9.27. The van der Waals surface area contributed by atoms with Crippen LogP contribution in [0.5, 0.6) is 0 Å². The summed E-state index contributed by atoms with van der Waals surface area (Å²) in [6.45, 7) is 1.46. The van der Waals surface area contributed by atoms with E-state index in [1.165, 1.54) is 0 Å². The third-order valence-corrected chi connectivity index (χ3v) is 2.83. The van der Waals surface area contributed by atoms with E-state index < -0.39 is 5.97 Å². The Hall–Kier alpha value is -1.10. The minimum absolute atomic E-state index is 0.0520. The fourth-order valence-electron chi connectivity index (χ4n) is 1.85. The normalized spacial score (nSPS) is 21.4. The second-order valence-corrected chi connectivity index (χ2v) is 4.04. The van der Waals surface area contributed by atoms with Crippen LogP contribution in [0.2, 0.25) is 0 Å². The smallest absolute Gasteiger partial charge is 0.303 e. The van der Waals surface area contributed by atoms with Crippen LogP contribution in [0.3, 0.4) is 0 Å². The molecule has 0 aromatic carbocycles. The van der Waals surface area contributed by atoms with Crippen molar-refractivity contribution < 1.29 is 14.7 Å². The van der Waals surface area contributed by atoms with Gasteiger partial charge < -0.3 is 10.0 Å². The van der Waals surface area contributed by atoms with Gasteiger partial charge in [-0.2, -0.15) is 0 Å². The first-order valence-corrected chi connectivity index (χ1v) is 5.19. The average Bonchev–Trinajstić information content (AvgIpc) is 2.47. The van der Waals surface area contributed by atoms with Gasteiger partial charge in [0.25, 0.3) is 0 Å². The first kappa shape index (κ1) is 12.0. The molecule has 5 nitrogen and oxygen atoms in total. The monoisotopic (exact) mass is 214 g/mol. The maximum atomic E-state index is 11.6. The summed E-state index contributed by atoms with van der Waals surface area (Å²) in [4.78, 5) is 25.6. The van der Waals surface area contributed by atoms with Gasteiger partial charge in [0.2, 0.25) is 5.91 Å². The van der Waals surface area contributed by atoms with Gasteiger partial charge in [0, 0.05) is 20.0 Å². The second kappa shape index (κ2) is 5.11. The molecule has 1 saturated heterocycles. The van der Waals surface area contributed by atoms with E-state index >= 15 is 0 Å². The van der Waals surface area contributed by atoms with Gasteiger partial charge in [0.15, 0.2) is 0 Å². The molecule has 1 heterocycles. The van der Waals surface area contributed by atoms with Crippen LogP contribution in [0.25, 0.3) is 0 Å². The lowest BCUT2D eigenvalue weighted by molar-refractivity contribution is -0.137. The minimum atomic E-state index is -0.779. The van der Waals surface area contributed by atoms with Gasteiger partial charge in [-0.25, -0.2) is 0 Å². The van der Waals surface area contributed by atoms with Gasteiger partial charge in [-0.1, -0.05) is 0 Å². The van der Waals surface area contributed by atoms with Crippen LogP contribution >= 0.6 is 0 Å². The van der Waals surface area contributed by atoms with Crippen LogP contribution in [0.4, 0.5) is 0 Å². The van der Waals surface area contributed by atoms with Crippen molar-refractivity contribution in [3.05, 3.63) is 0 Å². The van der Waals surface area contributed by atoms with Crippen molar-refractivity contribution >= 4 is 11.9 Å². The van der Waals surface area contributed by atoms with E-state index in [9.17, 15) is 9.59 Å². The van der Waals surface area contributed by atoms with Gasteiger partial charge in [-0.3, -0.25) is 14.5 Å². The quantitative estimate of drug-likeness (QED) is 0.700. The van der Waals surface area contributed by atoms with Crippen LogP contribution in [-0.4, -0.2) is 60.0 Å². The summed E-state index contributed by atoms with van der Waals surface area (Å²) in [6.07, 6.45) is 1.61. The molecule has 0 radical (unpaired) electrons. The van der Waals surface area contributed by atoms with Crippen molar-refractivity contribution in [1.29, 1.82) is 0 Å². The van der Waals surface area contributed by atoms with Crippen LogP contribution in [-0.2, 0) is 9.59 Å². The fraction of sp³-hybridized carbons (Fsp3) is 0.800. The van der Waals surface area contributed by atoms with Crippen molar-refractivity contribution in [2.45, 2.75) is 25.3 Å². The van der Waals surface area contributed by atoms with E-state index in [-0.39, 0.29) is 18.4 Å². The van der Waals surface area contributed by atoms with Crippen molar-refractivity contribution in [3.63, 3.8) is 0 Å². The highest BCUT2D eigenvalue weighted by Crippen LogP contribution is 2.14. The highest BCUT2D eigenvalue weighted by Gasteiger charge is 2.31. The Balaban J connectivity index is 2.31. The maximum absolute atomic E-state index is 11.6. The van der Waals surface area contributed by atoms with Crippen LogP contribution in [0.15, 0.2) is 0 Å². The van der Waals surface area contributed by atoms with Crippen molar-refractivity contribution in [1.82, 2.24) is 9.80 Å². The summed E-state index contributed by atoms with van der Waals surface area (Å²) in [7, 11) is 3.68. The first-order valence-electron chi connectivity index (χ1n) is 5.19. The number of carbonyl (C=O) groups excluding carboxylic acids is 1. The van der Waals surface area contributed by atoms with Crippen molar-refractivity contribution in [3.8, 4) is 0 Å². The summed E-state index contributed by atoms with van der Waals surface area (Å²) in [6, 6.07) is -0.0520. The Morgan fingerprint density at radius 2 is 2.33 bits per heavy atom. The summed E-state index contributed by atoms with van der Waals surface area (Å²) >= 11 is 0. The van der Waals surface area contributed by atoms with E-state index in [2.05, 4.69) is 0 Å². The molecule has 5 heteroatoms. The molecule has 0 aromatic heterocycles. The van der Waals surface area contributed by atoms with Crippen molar-refractivity contribution in [2.75, 3.05) is 27.2 Å². The zero-order valence-electron chi connectivity index (χ0n) is 9.27. The Morgan fingerprint density at radius 3 is 2.80 bits per heavy atom. The third-order valence-electron chi connectivity index (χ3n) is 2.83. The standard InChI is InChI=1S/C10H18N2O3/c1-11(6-3-4-9(13)14)8-5-7-12(2)10(8)15/h8H,3-7H2,1-2H3,(H,13,14). The maximum Gasteiger partial charge on any atom is 0.303 e. The molecule has 1 N–H and O–H groups in total. The predicted molar refractivity (Wildman–Crippen MR) is 55.5 cm³/mol. The number of aliphatic carboxylic acids is 1. The second-order valence-electron chi connectivity index (χ2n) is 4.04. The van der Waals surface area contributed by atoms with Gasteiger partial charge in [0.05, 0.1) is 6.04 Å². The number of likely N-dealkylation sites (N-methyl/N-ethyl adjacent to an activating group) is 2. The molecule has 1 atom stereocenters. The molecule has 0 aromatic rings. The molecule has 1 unspecified atom stereocenters. The molecule has 86 valence electrons. The molecule has 0 aliphatic carbocycles. The molecule has 15 heavy (non-hydrogen) atoms. The van der Waals surface area contributed by atoms with Gasteiger partial charge >= 0.3 is 5.97 Å². The fourth-order valence-corrected chi connectivity index (χ4v) is 1.85. The molecule has 1 aliphatic rings. The minimum Gasteiger partial charge on any atom is -0.481 e. The van der Waals surface area contributed by atoms with E-state index in [1.807, 2.05) is 11.9 Å². The molecule has 1 amide bonds.